The second-order valence-electron chi connectivity index (χ2n) is 8.66. The number of hydrogen-bond donors (Lipinski definition) is 3. The van der Waals surface area contributed by atoms with Gasteiger partial charge in [0.05, 0.1) is 29.6 Å². The molecule has 3 aliphatic rings. The molecule has 0 aliphatic carbocycles. The van der Waals surface area contributed by atoms with E-state index in [1.807, 2.05) is 19.1 Å². The predicted molar refractivity (Wildman–Crippen MR) is 117 cm³/mol. The number of primary amides is 1. The van der Waals surface area contributed by atoms with Gasteiger partial charge in [-0.3, -0.25) is 4.79 Å². The molecule has 0 bridgehead atoms. The maximum absolute atomic E-state index is 11.7. The Morgan fingerprint density at radius 3 is 3.00 bits per heavy atom. The number of aliphatic hydroxyl groups is 1. The number of amides is 1. The quantitative estimate of drug-likeness (QED) is 0.586. The SMILES string of the molecule is Cc1c([C@@H](O)CN2CCC(CN3ONc4cc(C(N)=O)ccc43)C2)ccc2c1COC2=O. The van der Waals surface area contributed by atoms with Gasteiger partial charge in [0.2, 0.25) is 5.91 Å². The molecule has 3 aliphatic heterocycles. The molecule has 3 heterocycles. The van der Waals surface area contributed by atoms with Crippen molar-refractivity contribution in [2.45, 2.75) is 26.1 Å². The van der Waals surface area contributed by atoms with Crippen molar-refractivity contribution in [1.29, 1.82) is 0 Å². The van der Waals surface area contributed by atoms with Gasteiger partial charge in [-0.2, -0.15) is 4.94 Å². The molecular weight excluding hydrogens is 412 g/mol. The Bertz CT molecular complexity index is 1090. The van der Waals surface area contributed by atoms with Gasteiger partial charge in [0.1, 0.15) is 6.61 Å². The number of β-amino-alcohol motifs (C(OH)–C–C–N with tert-alkyl or cyclic N) is 1. The Kier molecular flexibility index (Phi) is 5.24. The lowest BCUT2D eigenvalue weighted by molar-refractivity contribution is 0.0534. The first-order chi connectivity index (χ1) is 15.4. The summed E-state index contributed by atoms with van der Waals surface area (Å²) in [5, 5.41) is 12.7. The summed E-state index contributed by atoms with van der Waals surface area (Å²) in [7, 11) is 0. The third-order valence-electron chi connectivity index (χ3n) is 6.61. The highest BCUT2D eigenvalue weighted by Crippen LogP contribution is 2.35. The Morgan fingerprint density at radius 1 is 1.34 bits per heavy atom. The van der Waals surface area contributed by atoms with Crippen LogP contribution >= 0.6 is 0 Å². The molecule has 1 amide bonds. The number of hydrogen-bond acceptors (Lipinski definition) is 8. The molecule has 0 spiro atoms. The average Bonchev–Trinajstić information content (AvgIpc) is 3.48. The zero-order chi connectivity index (χ0) is 22.4. The number of aliphatic hydroxyl groups excluding tert-OH is 1. The van der Waals surface area contributed by atoms with Gasteiger partial charge < -0.3 is 20.5 Å². The van der Waals surface area contributed by atoms with Crippen molar-refractivity contribution >= 4 is 23.3 Å². The van der Waals surface area contributed by atoms with Crippen LogP contribution in [0.1, 0.15) is 49.9 Å². The number of carbonyl (C=O) groups is 2. The average molecular weight is 438 g/mol. The lowest BCUT2D eigenvalue weighted by Gasteiger charge is -2.23. The molecule has 9 nitrogen and oxygen atoms in total. The predicted octanol–water partition coefficient (Wildman–Crippen LogP) is 1.90. The Labute approximate surface area is 185 Å². The number of benzene rings is 2. The number of likely N-dealkylation sites (tertiary alicyclic amines) is 1. The van der Waals surface area contributed by atoms with Gasteiger partial charge in [-0.25, -0.2) is 15.3 Å². The molecule has 2 aromatic rings. The molecule has 1 fully saturated rings. The molecule has 5 rings (SSSR count). The number of carbonyl (C=O) groups excluding carboxylic acids is 2. The fraction of sp³-hybridized carbons (Fsp3) is 0.391. The normalized spacial score (nSPS) is 20.6. The van der Waals surface area contributed by atoms with Gasteiger partial charge in [-0.15, -0.1) is 0 Å². The number of nitrogens with two attached hydrogens (primary N) is 1. The number of nitrogens with one attached hydrogen (secondary N) is 1. The first-order valence-electron chi connectivity index (χ1n) is 10.7. The zero-order valence-corrected chi connectivity index (χ0v) is 17.8. The Morgan fingerprint density at radius 2 is 2.19 bits per heavy atom. The van der Waals surface area contributed by atoms with Crippen LogP contribution in [0.25, 0.3) is 0 Å². The number of fused-ring (bicyclic) bond motifs is 2. The lowest BCUT2D eigenvalue weighted by atomic mass is 9.95. The summed E-state index contributed by atoms with van der Waals surface area (Å²) < 4.78 is 5.12. The van der Waals surface area contributed by atoms with Crippen LogP contribution in [0.5, 0.6) is 0 Å². The van der Waals surface area contributed by atoms with Gasteiger partial charge in [0, 0.05) is 24.2 Å². The largest absolute Gasteiger partial charge is 0.457 e. The van der Waals surface area contributed by atoms with Gasteiger partial charge in [0.15, 0.2) is 0 Å². The van der Waals surface area contributed by atoms with Crippen LogP contribution in [0.15, 0.2) is 30.3 Å². The number of rotatable bonds is 6. The summed E-state index contributed by atoms with van der Waals surface area (Å²) in [5.74, 6) is -0.397. The van der Waals surface area contributed by atoms with Crippen LogP contribution in [0, 0.1) is 12.8 Å². The Hall–Kier alpha value is -3.14. The summed E-state index contributed by atoms with van der Waals surface area (Å²) in [4.78, 5) is 31.0. The minimum Gasteiger partial charge on any atom is -0.457 e. The first kappa shape index (κ1) is 20.7. The Balaban J connectivity index is 1.19. The highest BCUT2D eigenvalue weighted by atomic mass is 16.8. The minimum atomic E-state index is -0.632. The molecule has 9 heteroatoms. The van der Waals surface area contributed by atoms with Crippen molar-refractivity contribution in [2.24, 2.45) is 11.7 Å². The van der Waals surface area contributed by atoms with E-state index in [2.05, 4.69) is 10.4 Å². The van der Waals surface area contributed by atoms with E-state index in [0.717, 1.165) is 47.6 Å². The maximum atomic E-state index is 11.7. The number of esters is 1. The van der Waals surface area contributed by atoms with Crippen LogP contribution in [-0.2, 0) is 16.3 Å². The van der Waals surface area contributed by atoms with E-state index in [0.29, 0.717) is 30.1 Å². The molecule has 1 unspecified atom stereocenters. The van der Waals surface area contributed by atoms with Crippen molar-refractivity contribution < 1.29 is 24.4 Å². The number of nitrogens with zero attached hydrogens (tertiary/aromatic N) is 2. The minimum absolute atomic E-state index is 0.276. The number of hydroxylamine groups is 1. The van der Waals surface area contributed by atoms with E-state index < -0.39 is 12.0 Å². The number of ether oxygens (including phenoxy) is 1. The van der Waals surface area contributed by atoms with E-state index in [1.54, 1.807) is 23.3 Å². The molecule has 0 saturated carbocycles. The molecule has 0 radical (unpaired) electrons. The van der Waals surface area contributed by atoms with Gasteiger partial charge in [0.25, 0.3) is 0 Å². The zero-order valence-electron chi connectivity index (χ0n) is 17.8. The number of anilines is 2. The van der Waals surface area contributed by atoms with Crippen LogP contribution in [0.3, 0.4) is 0 Å². The number of cyclic esters (lactones) is 1. The van der Waals surface area contributed by atoms with E-state index in [1.165, 1.54) is 0 Å². The summed E-state index contributed by atoms with van der Waals surface area (Å²) in [6.45, 7) is 5.17. The molecule has 2 atom stereocenters. The molecule has 1 saturated heterocycles. The van der Waals surface area contributed by atoms with E-state index >= 15 is 0 Å². The van der Waals surface area contributed by atoms with Crippen molar-refractivity contribution in [3.63, 3.8) is 0 Å². The van der Waals surface area contributed by atoms with E-state index in [-0.39, 0.29) is 12.6 Å². The summed E-state index contributed by atoms with van der Waals surface area (Å²) >= 11 is 0. The second-order valence-corrected chi connectivity index (χ2v) is 8.66. The third-order valence-corrected chi connectivity index (χ3v) is 6.61. The summed E-state index contributed by atoms with van der Waals surface area (Å²) in [6, 6.07) is 8.80. The third kappa shape index (κ3) is 3.68. The fourth-order valence-electron chi connectivity index (χ4n) is 4.81. The van der Waals surface area contributed by atoms with Gasteiger partial charge >= 0.3 is 5.97 Å². The standard InChI is InChI=1S/C23H26N4O5/c1-13-16(3-4-17-18(13)12-31-23(17)30)21(28)11-26-7-6-14(9-26)10-27-20-5-2-15(22(24)29)8-19(20)25-32-27/h2-5,8,14,21,25,28H,6-7,9-12H2,1H3,(H2,24,29)/t14?,21-/m0/s1. The lowest BCUT2D eigenvalue weighted by Crippen LogP contribution is -2.31. The van der Waals surface area contributed by atoms with Gasteiger partial charge in [-0.05, 0) is 61.2 Å². The molecule has 168 valence electrons. The summed E-state index contributed by atoms with van der Waals surface area (Å²) in [6.07, 6.45) is 0.361. The highest BCUT2D eigenvalue weighted by Gasteiger charge is 2.31. The highest BCUT2D eigenvalue weighted by molar-refractivity contribution is 5.95. The first-order valence-corrected chi connectivity index (χ1v) is 10.7. The smallest absolute Gasteiger partial charge is 0.338 e. The maximum Gasteiger partial charge on any atom is 0.338 e. The van der Waals surface area contributed by atoms with Crippen molar-refractivity contribution in [1.82, 2.24) is 4.90 Å². The molecule has 0 aromatic heterocycles. The second kappa shape index (κ2) is 8.09. The van der Waals surface area contributed by atoms with Crippen LogP contribution in [0.2, 0.25) is 0 Å². The molecule has 4 N–H and O–H groups in total. The van der Waals surface area contributed by atoms with Crippen molar-refractivity contribution in [2.75, 3.05) is 36.7 Å². The molecular formula is C23H26N4O5. The summed E-state index contributed by atoms with van der Waals surface area (Å²) in [5.41, 5.74) is 13.5. The van der Waals surface area contributed by atoms with Crippen LogP contribution in [0.4, 0.5) is 11.4 Å². The molecule has 2 aromatic carbocycles. The van der Waals surface area contributed by atoms with E-state index in [9.17, 15) is 14.7 Å². The van der Waals surface area contributed by atoms with Crippen LogP contribution < -0.4 is 16.3 Å². The van der Waals surface area contributed by atoms with Crippen molar-refractivity contribution in [3.05, 3.63) is 58.1 Å². The van der Waals surface area contributed by atoms with E-state index in [4.69, 9.17) is 15.4 Å². The monoisotopic (exact) mass is 438 g/mol. The molecule has 32 heavy (non-hydrogen) atoms. The van der Waals surface area contributed by atoms with Gasteiger partial charge in [-0.1, -0.05) is 6.07 Å². The van der Waals surface area contributed by atoms with Crippen molar-refractivity contribution in [3.8, 4) is 0 Å². The van der Waals surface area contributed by atoms with Crippen LogP contribution in [-0.4, -0.2) is 48.1 Å². The fourth-order valence-corrected chi connectivity index (χ4v) is 4.81. The topological polar surface area (TPSA) is 117 Å².